The maximum absolute atomic E-state index is 12.1. The molecule has 7 heteroatoms. The maximum atomic E-state index is 12.1. The highest BCUT2D eigenvalue weighted by Gasteiger charge is 2.50. The van der Waals surface area contributed by atoms with Gasteiger partial charge in [0, 0.05) is 37.1 Å². The van der Waals surface area contributed by atoms with Gasteiger partial charge < -0.3 is 15.1 Å². The van der Waals surface area contributed by atoms with Crippen molar-refractivity contribution in [1.29, 1.82) is 0 Å². The van der Waals surface area contributed by atoms with Crippen LogP contribution in [0.15, 0.2) is 18.2 Å². The van der Waals surface area contributed by atoms with Crippen LogP contribution in [0.4, 0.5) is 5.69 Å². The first-order valence-electron chi connectivity index (χ1n) is 8.30. The lowest BCUT2D eigenvalue weighted by Crippen LogP contribution is -2.55. The molecule has 1 aromatic carbocycles. The number of amides is 1. The van der Waals surface area contributed by atoms with E-state index in [1.807, 2.05) is 0 Å². The fraction of sp³-hybridized carbons (Fsp3) is 0.588. The number of benzene rings is 1. The summed E-state index contributed by atoms with van der Waals surface area (Å²) in [4.78, 5) is 24.3. The van der Waals surface area contributed by atoms with Crippen molar-refractivity contribution in [2.75, 3.05) is 6.54 Å². The summed E-state index contributed by atoms with van der Waals surface area (Å²) in [7, 11) is 0. The molecule has 2 fully saturated rings. The number of phenols is 1. The SMILES string of the molecule is CC(=O)N1CC[C@]2(O)CCCC[C@H]2[C@H]1c1cc([N+](=O)[O-])ccc1O. The number of aromatic hydroxyl groups is 1. The molecule has 130 valence electrons. The van der Waals surface area contributed by atoms with Gasteiger partial charge in [-0.15, -0.1) is 0 Å². The van der Waals surface area contributed by atoms with Gasteiger partial charge in [0.1, 0.15) is 5.75 Å². The van der Waals surface area contributed by atoms with Gasteiger partial charge in [-0.05, 0) is 25.3 Å². The molecule has 0 bridgehead atoms. The van der Waals surface area contributed by atoms with Crippen LogP contribution < -0.4 is 0 Å². The van der Waals surface area contributed by atoms with E-state index in [4.69, 9.17) is 0 Å². The molecule has 1 aromatic rings. The van der Waals surface area contributed by atoms with E-state index in [0.717, 1.165) is 19.3 Å². The van der Waals surface area contributed by atoms with Gasteiger partial charge in [-0.3, -0.25) is 14.9 Å². The zero-order chi connectivity index (χ0) is 17.5. The summed E-state index contributed by atoms with van der Waals surface area (Å²) in [5, 5.41) is 32.4. The molecule has 24 heavy (non-hydrogen) atoms. The van der Waals surface area contributed by atoms with Gasteiger partial charge in [0.2, 0.25) is 5.91 Å². The first-order chi connectivity index (χ1) is 11.3. The van der Waals surface area contributed by atoms with Crippen molar-refractivity contribution in [2.24, 2.45) is 5.92 Å². The zero-order valence-corrected chi connectivity index (χ0v) is 13.6. The van der Waals surface area contributed by atoms with Gasteiger partial charge in [0.25, 0.3) is 5.69 Å². The number of piperidine rings is 1. The van der Waals surface area contributed by atoms with E-state index in [1.54, 1.807) is 4.90 Å². The smallest absolute Gasteiger partial charge is 0.270 e. The first kappa shape index (κ1) is 16.7. The topological polar surface area (TPSA) is 104 Å². The molecule has 1 saturated heterocycles. The highest BCUT2D eigenvalue weighted by atomic mass is 16.6. The van der Waals surface area contributed by atoms with E-state index < -0.39 is 16.6 Å². The number of likely N-dealkylation sites (tertiary alicyclic amines) is 1. The lowest BCUT2D eigenvalue weighted by molar-refractivity contribution is -0.385. The highest BCUT2D eigenvalue weighted by Crippen LogP contribution is 2.51. The molecule has 1 aliphatic carbocycles. The normalized spacial score (nSPS) is 29.8. The number of fused-ring (bicyclic) bond motifs is 1. The van der Waals surface area contributed by atoms with E-state index in [1.165, 1.54) is 25.1 Å². The van der Waals surface area contributed by atoms with Crippen LogP contribution in [0.25, 0.3) is 0 Å². The minimum atomic E-state index is -0.883. The van der Waals surface area contributed by atoms with Crippen LogP contribution in [0, 0.1) is 16.0 Å². The van der Waals surface area contributed by atoms with Crippen LogP contribution >= 0.6 is 0 Å². The van der Waals surface area contributed by atoms with E-state index in [9.17, 15) is 25.1 Å². The largest absolute Gasteiger partial charge is 0.508 e. The first-order valence-corrected chi connectivity index (χ1v) is 8.30. The third-order valence-corrected chi connectivity index (χ3v) is 5.51. The maximum Gasteiger partial charge on any atom is 0.270 e. The van der Waals surface area contributed by atoms with Crippen LogP contribution in [0.3, 0.4) is 0 Å². The standard InChI is InChI=1S/C17H22N2O5/c1-11(20)18-9-8-17(22)7-3-2-4-14(17)16(18)13-10-12(19(23)24)5-6-15(13)21/h5-6,10,14,16,21-22H,2-4,7-9H2,1H3/t14-,16+,17+/m0/s1. The third kappa shape index (κ3) is 2.73. The van der Waals surface area contributed by atoms with Crippen molar-refractivity contribution in [3.05, 3.63) is 33.9 Å². The number of carbonyl (C=O) groups excluding carboxylic acids is 1. The van der Waals surface area contributed by atoms with Crippen molar-refractivity contribution in [3.63, 3.8) is 0 Å². The number of nitro benzene ring substituents is 1. The molecule has 0 aromatic heterocycles. The Morgan fingerprint density at radius 2 is 2.12 bits per heavy atom. The molecule has 1 saturated carbocycles. The van der Waals surface area contributed by atoms with E-state index in [2.05, 4.69) is 0 Å². The molecular formula is C17H22N2O5. The molecule has 1 amide bonds. The predicted octanol–water partition coefficient (Wildman–Crippen LogP) is 2.52. The van der Waals surface area contributed by atoms with Crippen LogP contribution in [-0.2, 0) is 4.79 Å². The molecule has 7 nitrogen and oxygen atoms in total. The van der Waals surface area contributed by atoms with E-state index in [0.29, 0.717) is 24.9 Å². The number of nitro groups is 1. The molecule has 0 unspecified atom stereocenters. The molecule has 1 heterocycles. The van der Waals surface area contributed by atoms with E-state index in [-0.39, 0.29) is 23.3 Å². The third-order valence-electron chi connectivity index (χ3n) is 5.51. The van der Waals surface area contributed by atoms with E-state index >= 15 is 0 Å². The second-order valence-corrected chi connectivity index (χ2v) is 6.86. The average molecular weight is 334 g/mol. The number of rotatable bonds is 2. The number of nitrogens with zero attached hydrogens (tertiary/aromatic N) is 2. The fourth-order valence-corrected chi connectivity index (χ4v) is 4.31. The Balaban J connectivity index is 2.10. The number of hydrogen-bond acceptors (Lipinski definition) is 5. The molecular weight excluding hydrogens is 312 g/mol. The summed E-state index contributed by atoms with van der Waals surface area (Å²) in [6.45, 7) is 1.84. The molecule has 3 atom stereocenters. The number of hydrogen-bond donors (Lipinski definition) is 2. The van der Waals surface area contributed by atoms with Gasteiger partial charge in [-0.25, -0.2) is 0 Å². The van der Waals surface area contributed by atoms with Crippen molar-refractivity contribution in [1.82, 2.24) is 4.90 Å². The molecule has 2 N–H and O–H groups in total. The van der Waals surface area contributed by atoms with Crippen molar-refractivity contribution < 1.29 is 19.9 Å². The summed E-state index contributed by atoms with van der Waals surface area (Å²) >= 11 is 0. The minimum absolute atomic E-state index is 0.0772. The quantitative estimate of drug-likeness (QED) is 0.639. The molecule has 1 aliphatic heterocycles. The van der Waals surface area contributed by atoms with Crippen LogP contribution in [0.5, 0.6) is 5.75 Å². The van der Waals surface area contributed by atoms with Gasteiger partial charge in [-0.2, -0.15) is 0 Å². The van der Waals surface area contributed by atoms with Crippen LogP contribution in [0.2, 0.25) is 0 Å². The van der Waals surface area contributed by atoms with Gasteiger partial charge in [0.05, 0.1) is 16.6 Å². The average Bonchev–Trinajstić information content (AvgIpc) is 2.53. The second-order valence-electron chi connectivity index (χ2n) is 6.86. The second kappa shape index (κ2) is 6.05. The van der Waals surface area contributed by atoms with Crippen molar-refractivity contribution in [3.8, 4) is 5.75 Å². The lowest BCUT2D eigenvalue weighted by atomic mass is 9.66. The summed E-state index contributed by atoms with van der Waals surface area (Å²) in [6.07, 6.45) is 3.76. The van der Waals surface area contributed by atoms with Crippen molar-refractivity contribution in [2.45, 2.75) is 50.7 Å². The lowest BCUT2D eigenvalue weighted by Gasteiger charge is -2.52. The van der Waals surface area contributed by atoms with Crippen LogP contribution in [-0.4, -0.2) is 38.1 Å². The molecule has 0 radical (unpaired) electrons. The van der Waals surface area contributed by atoms with Gasteiger partial charge in [0.15, 0.2) is 0 Å². The summed E-state index contributed by atoms with van der Waals surface area (Å²) in [6, 6.07) is 3.33. The summed E-state index contributed by atoms with van der Waals surface area (Å²) in [5.41, 5.74) is -0.660. The number of carbonyl (C=O) groups is 1. The Hall–Kier alpha value is -2.15. The number of non-ortho nitro benzene ring substituents is 1. The molecule has 0 spiro atoms. The Labute approximate surface area is 140 Å². The fourth-order valence-electron chi connectivity index (χ4n) is 4.31. The predicted molar refractivity (Wildman–Crippen MR) is 86.4 cm³/mol. The summed E-state index contributed by atoms with van der Waals surface area (Å²) < 4.78 is 0. The Morgan fingerprint density at radius 1 is 1.38 bits per heavy atom. The van der Waals surface area contributed by atoms with Crippen molar-refractivity contribution >= 4 is 11.6 Å². The Bertz CT molecular complexity index is 677. The monoisotopic (exact) mass is 334 g/mol. The van der Waals surface area contributed by atoms with Gasteiger partial charge in [-0.1, -0.05) is 12.8 Å². The Kier molecular flexibility index (Phi) is 4.21. The molecule has 2 aliphatic rings. The Morgan fingerprint density at radius 3 is 2.79 bits per heavy atom. The summed E-state index contributed by atoms with van der Waals surface area (Å²) in [5.74, 6) is -0.456. The van der Waals surface area contributed by atoms with Crippen LogP contribution in [0.1, 0.15) is 50.6 Å². The minimum Gasteiger partial charge on any atom is -0.508 e. The van der Waals surface area contributed by atoms with Gasteiger partial charge >= 0.3 is 0 Å². The molecule has 3 rings (SSSR count). The highest BCUT2D eigenvalue weighted by molar-refractivity contribution is 5.74. The zero-order valence-electron chi connectivity index (χ0n) is 13.6. The number of aliphatic hydroxyl groups is 1. The number of phenolic OH excluding ortho intramolecular Hbond substituents is 1.